The minimum atomic E-state index is -0.465. The van der Waals surface area contributed by atoms with E-state index in [9.17, 15) is 9.59 Å². The van der Waals surface area contributed by atoms with E-state index in [2.05, 4.69) is 0 Å². The molecule has 3 aromatic rings. The summed E-state index contributed by atoms with van der Waals surface area (Å²) in [6.07, 6.45) is 1.59. The average Bonchev–Trinajstić information content (AvgIpc) is 3.42. The lowest BCUT2D eigenvalue weighted by Gasteiger charge is -2.13. The number of carbonyl (C=O) groups excluding carboxylic acids is 2. The summed E-state index contributed by atoms with van der Waals surface area (Å²) in [5.74, 6) is 1.36. The predicted molar refractivity (Wildman–Crippen MR) is 115 cm³/mol. The van der Waals surface area contributed by atoms with Crippen LogP contribution in [0.15, 0.2) is 53.6 Å². The highest BCUT2D eigenvalue weighted by atomic mass is 32.1. The summed E-state index contributed by atoms with van der Waals surface area (Å²) in [6.45, 7) is 0. The maximum atomic E-state index is 12.8. The molecule has 0 atom stereocenters. The normalized spacial score (nSPS) is 13.5. The summed E-state index contributed by atoms with van der Waals surface area (Å²) in [7, 11) is 4.54. The summed E-state index contributed by atoms with van der Waals surface area (Å²) in [6, 6.07) is 11.5. The molecule has 0 unspecified atom stereocenters. The van der Waals surface area contributed by atoms with E-state index in [1.54, 1.807) is 47.9 Å². The molecule has 0 amide bonds. The molecule has 1 aliphatic heterocycles. The van der Waals surface area contributed by atoms with Crippen LogP contribution < -0.4 is 23.7 Å². The van der Waals surface area contributed by atoms with Gasteiger partial charge >= 0.3 is 5.97 Å². The highest BCUT2D eigenvalue weighted by Gasteiger charge is 2.28. The molecule has 0 saturated carbocycles. The standard InChI is InChI=1S/C23H18O7S/c1-26-18-10-13(11-19(27-2)22(18)28-3)9-17-21(24)15-7-6-14(12-16(15)30-17)29-23(25)20-5-4-8-31-20/h4-12H,1-3H3/b17-9-. The number of esters is 1. The van der Waals surface area contributed by atoms with Crippen molar-refractivity contribution in [2.75, 3.05) is 21.3 Å². The van der Waals surface area contributed by atoms with E-state index in [0.29, 0.717) is 44.8 Å². The van der Waals surface area contributed by atoms with Gasteiger partial charge in [-0.25, -0.2) is 4.79 Å². The molecule has 1 aliphatic rings. The predicted octanol–water partition coefficient (Wildman–Crippen LogP) is 4.61. The molecule has 1 aromatic heterocycles. The Kier molecular flexibility index (Phi) is 5.64. The average molecular weight is 438 g/mol. The van der Waals surface area contributed by atoms with Crippen LogP contribution in [0.1, 0.15) is 25.6 Å². The van der Waals surface area contributed by atoms with E-state index < -0.39 is 5.97 Å². The van der Waals surface area contributed by atoms with Crippen LogP contribution in [0.2, 0.25) is 0 Å². The highest BCUT2D eigenvalue weighted by molar-refractivity contribution is 7.12. The van der Waals surface area contributed by atoms with Crippen molar-refractivity contribution in [2.24, 2.45) is 0 Å². The van der Waals surface area contributed by atoms with E-state index in [4.69, 9.17) is 23.7 Å². The fraction of sp³-hybridized carbons (Fsp3) is 0.130. The molecule has 0 N–H and O–H groups in total. The SMILES string of the molecule is COc1cc(/C=C2\Oc3cc(OC(=O)c4cccs4)ccc3C2=O)cc(OC)c1OC. The van der Waals surface area contributed by atoms with Crippen LogP contribution in [0.25, 0.3) is 6.08 Å². The Hall–Kier alpha value is -3.78. The maximum Gasteiger partial charge on any atom is 0.353 e. The summed E-state index contributed by atoms with van der Waals surface area (Å²) in [4.78, 5) is 25.4. The molecule has 0 aliphatic carbocycles. The first-order valence-corrected chi connectivity index (χ1v) is 10.1. The molecule has 0 bridgehead atoms. The Labute approximate surface area is 182 Å². The lowest BCUT2D eigenvalue weighted by atomic mass is 10.1. The molecule has 0 fully saturated rings. The first kappa shape index (κ1) is 20.5. The van der Waals surface area contributed by atoms with E-state index in [0.717, 1.165) is 0 Å². The van der Waals surface area contributed by atoms with E-state index >= 15 is 0 Å². The second-order valence-electron chi connectivity index (χ2n) is 6.42. The number of hydrogen-bond donors (Lipinski definition) is 0. The van der Waals surface area contributed by atoms with Crippen molar-refractivity contribution < 1.29 is 33.3 Å². The van der Waals surface area contributed by atoms with Crippen LogP contribution >= 0.6 is 11.3 Å². The smallest absolute Gasteiger partial charge is 0.353 e. The van der Waals surface area contributed by atoms with Gasteiger partial charge in [-0.2, -0.15) is 0 Å². The zero-order valence-electron chi connectivity index (χ0n) is 17.0. The van der Waals surface area contributed by atoms with Gasteiger partial charge in [-0.05, 0) is 47.4 Å². The first-order valence-electron chi connectivity index (χ1n) is 9.18. The molecule has 7 nitrogen and oxygen atoms in total. The fourth-order valence-corrected chi connectivity index (χ4v) is 3.72. The second-order valence-corrected chi connectivity index (χ2v) is 7.37. The number of ether oxygens (including phenoxy) is 5. The van der Waals surface area contributed by atoms with Gasteiger partial charge in [0.15, 0.2) is 17.3 Å². The van der Waals surface area contributed by atoms with Crippen LogP contribution in [-0.4, -0.2) is 33.1 Å². The third-order valence-electron chi connectivity index (χ3n) is 4.56. The van der Waals surface area contributed by atoms with Crippen LogP contribution in [0, 0.1) is 0 Å². The Morgan fingerprint density at radius 1 is 1.00 bits per heavy atom. The molecule has 0 spiro atoms. The van der Waals surface area contributed by atoms with Crippen molar-refractivity contribution in [3.8, 4) is 28.7 Å². The fourth-order valence-electron chi connectivity index (χ4n) is 3.12. The van der Waals surface area contributed by atoms with Gasteiger partial charge < -0.3 is 23.7 Å². The lowest BCUT2D eigenvalue weighted by molar-refractivity contribution is 0.0739. The molecular weight excluding hydrogens is 420 g/mol. The van der Waals surface area contributed by atoms with Crippen molar-refractivity contribution in [3.63, 3.8) is 0 Å². The van der Waals surface area contributed by atoms with Gasteiger partial charge in [-0.15, -0.1) is 11.3 Å². The third-order valence-corrected chi connectivity index (χ3v) is 5.41. The topological polar surface area (TPSA) is 80.3 Å². The summed E-state index contributed by atoms with van der Waals surface area (Å²) >= 11 is 1.29. The van der Waals surface area contributed by atoms with Crippen molar-refractivity contribution in [2.45, 2.75) is 0 Å². The van der Waals surface area contributed by atoms with Gasteiger partial charge in [0, 0.05) is 6.07 Å². The molecule has 158 valence electrons. The zero-order chi connectivity index (χ0) is 22.0. The molecule has 4 rings (SSSR count). The van der Waals surface area contributed by atoms with Crippen LogP contribution in [-0.2, 0) is 0 Å². The van der Waals surface area contributed by atoms with Gasteiger partial charge in [-0.3, -0.25) is 4.79 Å². The van der Waals surface area contributed by atoms with Gasteiger partial charge in [-0.1, -0.05) is 6.07 Å². The largest absolute Gasteiger partial charge is 0.493 e. The minimum absolute atomic E-state index is 0.131. The summed E-state index contributed by atoms with van der Waals surface area (Å²) in [5, 5.41) is 1.79. The van der Waals surface area contributed by atoms with Crippen molar-refractivity contribution >= 4 is 29.2 Å². The molecule has 8 heteroatoms. The number of thiophene rings is 1. The molecule has 31 heavy (non-hydrogen) atoms. The number of hydrogen-bond acceptors (Lipinski definition) is 8. The van der Waals surface area contributed by atoms with Gasteiger partial charge in [0.1, 0.15) is 16.4 Å². The Morgan fingerprint density at radius 2 is 1.74 bits per heavy atom. The highest BCUT2D eigenvalue weighted by Crippen LogP contribution is 2.40. The van der Waals surface area contributed by atoms with Crippen molar-refractivity contribution in [1.29, 1.82) is 0 Å². The molecule has 0 radical (unpaired) electrons. The monoisotopic (exact) mass is 438 g/mol. The van der Waals surface area contributed by atoms with E-state index in [-0.39, 0.29) is 11.5 Å². The van der Waals surface area contributed by atoms with Crippen LogP contribution in [0.4, 0.5) is 0 Å². The molecule has 0 saturated heterocycles. The third kappa shape index (κ3) is 3.97. The van der Waals surface area contributed by atoms with Crippen molar-refractivity contribution in [3.05, 3.63) is 69.6 Å². The van der Waals surface area contributed by atoms with E-state index in [1.807, 2.05) is 0 Å². The Morgan fingerprint density at radius 3 is 2.35 bits per heavy atom. The summed E-state index contributed by atoms with van der Waals surface area (Å²) in [5.41, 5.74) is 1.02. The van der Waals surface area contributed by atoms with Gasteiger partial charge in [0.05, 0.1) is 26.9 Å². The maximum absolute atomic E-state index is 12.8. The quantitative estimate of drug-likeness (QED) is 0.316. The number of Topliss-reactive ketones (excluding diaryl/α,β-unsaturated/α-hetero) is 1. The Bertz CT molecular complexity index is 1150. The second kappa shape index (κ2) is 8.53. The lowest BCUT2D eigenvalue weighted by Crippen LogP contribution is -2.06. The number of ketones is 1. The zero-order valence-corrected chi connectivity index (χ0v) is 17.8. The van der Waals surface area contributed by atoms with Crippen LogP contribution in [0.3, 0.4) is 0 Å². The van der Waals surface area contributed by atoms with E-state index in [1.165, 1.54) is 38.7 Å². The first-order chi connectivity index (χ1) is 15.0. The van der Waals surface area contributed by atoms with Crippen molar-refractivity contribution in [1.82, 2.24) is 0 Å². The number of allylic oxidation sites excluding steroid dienone is 1. The van der Waals surface area contributed by atoms with Crippen LogP contribution in [0.5, 0.6) is 28.7 Å². The minimum Gasteiger partial charge on any atom is -0.493 e. The molecular formula is C23H18O7S. The molecule has 2 heterocycles. The van der Waals surface area contributed by atoms with Gasteiger partial charge in [0.25, 0.3) is 0 Å². The summed E-state index contributed by atoms with van der Waals surface area (Å²) < 4.78 is 27.1. The number of methoxy groups -OCH3 is 3. The Balaban J connectivity index is 1.60. The number of fused-ring (bicyclic) bond motifs is 1. The number of rotatable bonds is 6. The number of carbonyl (C=O) groups is 2. The molecule has 2 aromatic carbocycles. The van der Waals surface area contributed by atoms with Gasteiger partial charge in [0.2, 0.25) is 11.5 Å². The number of benzene rings is 2.